The van der Waals surface area contributed by atoms with Gasteiger partial charge >= 0.3 is 12.4 Å². The standard InChI is InChI=1S/C21H15F6N3/c22-20(23,24)14-3-9-17(10-4-14)29-19(13-1-7-16(28)8-2-13)30-18-11-5-15(6-12-18)21(25,26)27/h1-12H,28H2,(H,29,30). The molecule has 3 aromatic carbocycles. The van der Waals surface area contributed by atoms with Gasteiger partial charge in [-0.3, -0.25) is 0 Å². The molecule has 0 spiro atoms. The lowest BCUT2D eigenvalue weighted by Crippen LogP contribution is -2.14. The number of nitrogens with one attached hydrogen (secondary N) is 1. The number of anilines is 2. The Morgan fingerprint density at radius 2 is 1.13 bits per heavy atom. The van der Waals surface area contributed by atoms with Crippen molar-refractivity contribution in [3.63, 3.8) is 0 Å². The van der Waals surface area contributed by atoms with E-state index in [0.717, 1.165) is 24.3 Å². The highest BCUT2D eigenvalue weighted by Crippen LogP contribution is 2.31. The Bertz CT molecular complexity index is 1020. The van der Waals surface area contributed by atoms with Crippen molar-refractivity contribution in [2.75, 3.05) is 11.1 Å². The summed E-state index contributed by atoms with van der Waals surface area (Å²) in [5.41, 5.74) is 5.64. The molecule has 30 heavy (non-hydrogen) atoms. The summed E-state index contributed by atoms with van der Waals surface area (Å²) in [6.07, 6.45) is -8.94. The molecule has 0 atom stereocenters. The van der Waals surface area contributed by atoms with E-state index in [1.807, 2.05) is 0 Å². The number of nitrogens with two attached hydrogens (primary N) is 1. The summed E-state index contributed by atoms with van der Waals surface area (Å²) in [6.45, 7) is 0. The average Bonchev–Trinajstić information content (AvgIpc) is 2.67. The fourth-order valence-corrected chi connectivity index (χ4v) is 2.54. The van der Waals surface area contributed by atoms with Crippen LogP contribution in [-0.2, 0) is 12.4 Å². The molecule has 3 rings (SSSR count). The van der Waals surface area contributed by atoms with Gasteiger partial charge in [0.2, 0.25) is 0 Å². The fourth-order valence-electron chi connectivity index (χ4n) is 2.54. The van der Waals surface area contributed by atoms with Gasteiger partial charge in [0, 0.05) is 16.9 Å². The van der Waals surface area contributed by atoms with Gasteiger partial charge in [-0.1, -0.05) is 0 Å². The van der Waals surface area contributed by atoms with Gasteiger partial charge in [-0.2, -0.15) is 26.3 Å². The lowest BCUT2D eigenvalue weighted by Gasteiger charge is -2.13. The minimum absolute atomic E-state index is 0.231. The molecule has 3 nitrogen and oxygen atoms in total. The van der Waals surface area contributed by atoms with E-state index < -0.39 is 23.5 Å². The first-order chi connectivity index (χ1) is 14.0. The Kier molecular flexibility index (Phi) is 5.73. The highest BCUT2D eigenvalue weighted by molar-refractivity contribution is 6.09. The first-order valence-electron chi connectivity index (χ1n) is 8.58. The van der Waals surface area contributed by atoms with Crippen LogP contribution in [0.25, 0.3) is 0 Å². The zero-order valence-electron chi connectivity index (χ0n) is 15.2. The van der Waals surface area contributed by atoms with Gasteiger partial charge in [0.25, 0.3) is 0 Å². The second kappa shape index (κ2) is 8.10. The molecule has 0 aromatic heterocycles. The maximum atomic E-state index is 12.8. The quantitative estimate of drug-likeness (QED) is 0.219. The van der Waals surface area contributed by atoms with Crippen LogP contribution in [0.3, 0.4) is 0 Å². The van der Waals surface area contributed by atoms with Gasteiger partial charge < -0.3 is 11.1 Å². The third-order valence-corrected chi connectivity index (χ3v) is 4.09. The number of amidine groups is 1. The smallest absolute Gasteiger partial charge is 0.399 e. The molecule has 0 bridgehead atoms. The van der Waals surface area contributed by atoms with Gasteiger partial charge in [-0.15, -0.1) is 0 Å². The molecular formula is C21H15F6N3. The van der Waals surface area contributed by atoms with Gasteiger partial charge in [-0.05, 0) is 72.8 Å². The molecule has 0 unspecified atom stereocenters. The van der Waals surface area contributed by atoms with Crippen LogP contribution in [0.4, 0.5) is 43.4 Å². The molecule has 9 heteroatoms. The number of hydrogen-bond acceptors (Lipinski definition) is 2. The number of nitrogens with zero attached hydrogens (tertiary/aromatic N) is 1. The summed E-state index contributed by atoms with van der Waals surface area (Å²) >= 11 is 0. The van der Waals surface area contributed by atoms with E-state index >= 15 is 0 Å². The Labute approximate surface area is 167 Å². The van der Waals surface area contributed by atoms with E-state index in [1.54, 1.807) is 24.3 Å². The normalized spacial score (nSPS) is 12.7. The van der Waals surface area contributed by atoms with E-state index in [2.05, 4.69) is 10.3 Å². The maximum absolute atomic E-state index is 12.8. The van der Waals surface area contributed by atoms with Crippen molar-refractivity contribution in [3.05, 3.63) is 89.5 Å². The number of halogens is 6. The first kappa shape index (κ1) is 21.2. The number of aliphatic imine (C=N–C) groups is 1. The number of rotatable bonds is 3. The van der Waals surface area contributed by atoms with Crippen LogP contribution in [0.15, 0.2) is 77.8 Å². The molecule has 0 radical (unpaired) electrons. The van der Waals surface area contributed by atoms with Crippen molar-refractivity contribution < 1.29 is 26.3 Å². The fraction of sp³-hybridized carbons (Fsp3) is 0.0952. The third kappa shape index (κ3) is 5.31. The topological polar surface area (TPSA) is 50.4 Å². The number of hydrogen-bond donors (Lipinski definition) is 2. The highest BCUT2D eigenvalue weighted by atomic mass is 19.4. The van der Waals surface area contributed by atoms with Crippen LogP contribution in [0.2, 0.25) is 0 Å². The van der Waals surface area contributed by atoms with Gasteiger partial charge in [0.05, 0.1) is 16.8 Å². The second-order valence-corrected chi connectivity index (χ2v) is 6.33. The molecular weight excluding hydrogens is 408 g/mol. The SMILES string of the molecule is Nc1ccc(C(=Nc2ccc(C(F)(F)F)cc2)Nc2ccc(C(F)(F)F)cc2)cc1. The first-order valence-corrected chi connectivity index (χ1v) is 8.58. The Balaban J connectivity index is 1.95. The zero-order chi connectivity index (χ0) is 21.9. The van der Waals surface area contributed by atoms with Crippen LogP contribution in [0.1, 0.15) is 16.7 Å². The van der Waals surface area contributed by atoms with Crippen LogP contribution >= 0.6 is 0 Å². The second-order valence-electron chi connectivity index (χ2n) is 6.33. The van der Waals surface area contributed by atoms with Crippen molar-refractivity contribution in [1.82, 2.24) is 0 Å². The minimum atomic E-state index is -4.47. The van der Waals surface area contributed by atoms with E-state index in [4.69, 9.17) is 5.73 Å². The van der Waals surface area contributed by atoms with Crippen molar-refractivity contribution in [1.29, 1.82) is 0 Å². The number of nitrogen functional groups attached to an aromatic ring is 1. The zero-order valence-corrected chi connectivity index (χ0v) is 15.2. The van der Waals surface area contributed by atoms with E-state index in [0.29, 0.717) is 16.9 Å². The molecule has 0 saturated heterocycles. The molecule has 0 heterocycles. The summed E-state index contributed by atoms with van der Waals surface area (Å²) in [7, 11) is 0. The predicted octanol–water partition coefficient (Wildman–Crippen LogP) is 6.50. The summed E-state index contributed by atoms with van der Waals surface area (Å²) in [5, 5.41) is 2.91. The summed E-state index contributed by atoms with van der Waals surface area (Å²) in [5.74, 6) is 0.231. The Morgan fingerprint density at radius 1 is 0.667 bits per heavy atom. The molecule has 156 valence electrons. The lowest BCUT2D eigenvalue weighted by molar-refractivity contribution is -0.138. The van der Waals surface area contributed by atoms with Crippen LogP contribution < -0.4 is 11.1 Å². The van der Waals surface area contributed by atoms with Crippen molar-refractivity contribution in [2.45, 2.75) is 12.4 Å². The molecule has 0 saturated carbocycles. The molecule has 0 aliphatic heterocycles. The molecule has 0 amide bonds. The van der Waals surface area contributed by atoms with Gasteiger partial charge in [-0.25, -0.2) is 4.99 Å². The van der Waals surface area contributed by atoms with Gasteiger partial charge in [0.15, 0.2) is 0 Å². The Hall–Kier alpha value is -3.49. The van der Waals surface area contributed by atoms with E-state index in [9.17, 15) is 26.3 Å². The summed E-state index contributed by atoms with van der Waals surface area (Å²) in [6, 6.07) is 15.0. The summed E-state index contributed by atoms with van der Waals surface area (Å²) in [4.78, 5) is 4.32. The average molecular weight is 423 g/mol. The molecule has 0 fully saturated rings. The van der Waals surface area contributed by atoms with E-state index in [1.165, 1.54) is 24.3 Å². The monoisotopic (exact) mass is 423 g/mol. The largest absolute Gasteiger partial charge is 0.416 e. The van der Waals surface area contributed by atoms with Gasteiger partial charge in [0.1, 0.15) is 5.84 Å². The predicted molar refractivity (Wildman–Crippen MR) is 104 cm³/mol. The van der Waals surface area contributed by atoms with Crippen LogP contribution in [0, 0.1) is 0 Å². The van der Waals surface area contributed by atoms with Crippen molar-refractivity contribution in [2.24, 2.45) is 4.99 Å². The van der Waals surface area contributed by atoms with Crippen LogP contribution in [-0.4, -0.2) is 5.84 Å². The highest BCUT2D eigenvalue weighted by Gasteiger charge is 2.30. The molecule has 3 aromatic rings. The molecule has 3 N–H and O–H groups in total. The molecule has 0 aliphatic rings. The summed E-state index contributed by atoms with van der Waals surface area (Å²) < 4.78 is 76.5. The number of benzene rings is 3. The van der Waals surface area contributed by atoms with E-state index in [-0.39, 0.29) is 11.5 Å². The van der Waals surface area contributed by atoms with Crippen LogP contribution in [0.5, 0.6) is 0 Å². The van der Waals surface area contributed by atoms with Crippen molar-refractivity contribution >= 4 is 22.9 Å². The maximum Gasteiger partial charge on any atom is 0.416 e. The minimum Gasteiger partial charge on any atom is -0.399 e. The third-order valence-electron chi connectivity index (χ3n) is 4.09. The number of alkyl halides is 6. The molecule has 0 aliphatic carbocycles. The lowest BCUT2D eigenvalue weighted by atomic mass is 10.1. The Morgan fingerprint density at radius 3 is 1.60 bits per heavy atom. The van der Waals surface area contributed by atoms with Crippen molar-refractivity contribution in [3.8, 4) is 0 Å².